The number of aromatic nitrogens is 2. The Morgan fingerprint density at radius 1 is 1.58 bits per heavy atom. The van der Waals surface area contributed by atoms with Crippen LogP contribution in [-0.4, -0.2) is 22.3 Å². The van der Waals surface area contributed by atoms with Crippen LogP contribution in [0.1, 0.15) is 20.3 Å². The van der Waals surface area contributed by atoms with Crippen molar-refractivity contribution >= 4 is 0 Å². The molecule has 1 heterocycles. The van der Waals surface area contributed by atoms with E-state index in [-0.39, 0.29) is 0 Å². The highest BCUT2D eigenvalue weighted by atomic mass is 16.5. The summed E-state index contributed by atoms with van der Waals surface area (Å²) in [7, 11) is 0. The van der Waals surface area contributed by atoms with E-state index >= 15 is 0 Å². The molecule has 0 radical (unpaired) electrons. The lowest BCUT2D eigenvalue weighted by molar-refractivity contribution is 0.0580. The Morgan fingerprint density at radius 2 is 2.42 bits per heavy atom. The Balaban J connectivity index is 2.11. The summed E-state index contributed by atoms with van der Waals surface area (Å²) >= 11 is 0. The zero-order valence-electron chi connectivity index (χ0n) is 7.73. The molecule has 1 aromatic rings. The van der Waals surface area contributed by atoms with Gasteiger partial charge in [0, 0.05) is 18.9 Å². The Labute approximate surface area is 73.4 Å². The predicted octanol–water partition coefficient (Wildman–Crippen LogP) is 1.70. The molecule has 0 aliphatic rings. The number of hydrogen-bond donors (Lipinski definition) is 0. The third-order valence-electron chi connectivity index (χ3n) is 1.89. The maximum atomic E-state index is 5.52. The molecule has 1 rings (SSSR count). The summed E-state index contributed by atoms with van der Waals surface area (Å²) in [4.78, 5) is 3.95. The largest absolute Gasteiger partial charge is 0.377 e. The van der Waals surface area contributed by atoms with E-state index in [1.807, 2.05) is 10.8 Å². The van der Waals surface area contributed by atoms with E-state index in [1.165, 1.54) is 0 Å². The summed E-state index contributed by atoms with van der Waals surface area (Å²) in [6.45, 7) is 5.88. The van der Waals surface area contributed by atoms with Crippen LogP contribution in [-0.2, 0) is 11.3 Å². The van der Waals surface area contributed by atoms with E-state index in [0.29, 0.717) is 6.10 Å². The van der Waals surface area contributed by atoms with Crippen molar-refractivity contribution in [2.75, 3.05) is 6.61 Å². The van der Waals surface area contributed by atoms with Crippen LogP contribution in [0.25, 0.3) is 0 Å². The second-order valence-corrected chi connectivity index (χ2v) is 2.89. The molecule has 3 nitrogen and oxygen atoms in total. The summed E-state index contributed by atoms with van der Waals surface area (Å²) in [5, 5.41) is 0. The van der Waals surface area contributed by atoms with Crippen LogP contribution in [0.3, 0.4) is 0 Å². The van der Waals surface area contributed by atoms with Crippen LogP contribution in [0.4, 0.5) is 0 Å². The van der Waals surface area contributed by atoms with Gasteiger partial charge in [0.05, 0.1) is 19.0 Å². The van der Waals surface area contributed by atoms with Gasteiger partial charge < -0.3 is 9.30 Å². The van der Waals surface area contributed by atoms with Gasteiger partial charge in [-0.3, -0.25) is 0 Å². The van der Waals surface area contributed by atoms with E-state index in [9.17, 15) is 0 Å². The van der Waals surface area contributed by atoms with Crippen LogP contribution in [0.15, 0.2) is 18.7 Å². The lowest BCUT2D eigenvalue weighted by atomic mass is 10.3. The quantitative estimate of drug-likeness (QED) is 0.669. The Morgan fingerprint density at radius 3 is 3.00 bits per heavy atom. The molecule has 0 fully saturated rings. The Kier molecular flexibility index (Phi) is 3.80. The van der Waals surface area contributed by atoms with Gasteiger partial charge in [-0.1, -0.05) is 6.92 Å². The van der Waals surface area contributed by atoms with Crippen LogP contribution in [0.5, 0.6) is 0 Å². The first-order chi connectivity index (χ1) is 5.83. The molecule has 0 spiro atoms. The van der Waals surface area contributed by atoms with Gasteiger partial charge in [-0.05, 0) is 13.3 Å². The second-order valence-electron chi connectivity index (χ2n) is 2.89. The molecular weight excluding hydrogens is 152 g/mol. The van der Waals surface area contributed by atoms with E-state index in [2.05, 4.69) is 18.8 Å². The molecule has 0 N–H and O–H groups in total. The van der Waals surface area contributed by atoms with Gasteiger partial charge in [-0.15, -0.1) is 0 Å². The molecule has 0 saturated heterocycles. The molecule has 12 heavy (non-hydrogen) atoms. The average Bonchev–Trinajstić information content (AvgIpc) is 2.57. The van der Waals surface area contributed by atoms with Crippen molar-refractivity contribution in [2.24, 2.45) is 0 Å². The highest BCUT2D eigenvalue weighted by Crippen LogP contribution is 1.96. The number of nitrogens with zero attached hydrogens (tertiary/aromatic N) is 2. The van der Waals surface area contributed by atoms with Gasteiger partial charge in [0.1, 0.15) is 0 Å². The molecular formula is C9H16N2O. The molecule has 1 unspecified atom stereocenters. The normalized spacial score (nSPS) is 13.2. The summed E-state index contributed by atoms with van der Waals surface area (Å²) < 4.78 is 7.53. The minimum Gasteiger partial charge on any atom is -0.377 e. The van der Waals surface area contributed by atoms with E-state index < -0.39 is 0 Å². The zero-order valence-corrected chi connectivity index (χ0v) is 7.73. The highest BCUT2D eigenvalue weighted by molar-refractivity contribution is 4.73. The molecule has 0 saturated carbocycles. The maximum Gasteiger partial charge on any atom is 0.0946 e. The van der Waals surface area contributed by atoms with E-state index in [0.717, 1.165) is 19.6 Å². The molecule has 1 aromatic heterocycles. The fraction of sp³-hybridized carbons (Fsp3) is 0.667. The first-order valence-corrected chi connectivity index (χ1v) is 4.40. The zero-order chi connectivity index (χ0) is 8.81. The number of rotatable bonds is 5. The SMILES string of the molecule is CCC(C)OCCn1ccnc1. The van der Waals surface area contributed by atoms with Crippen LogP contribution in [0, 0.1) is 0 Å². The molecule has 0 aliphatic heterocycles. The number of ether oxygens (including phenoxy) is 1. The van der Waals surface area contributed by atoms with Gasteiger partial charge in [-0.2, -0.15) is 0 Å². The fourth-order valence-corrected chi connectivity index (χ4v) is 0.896. The van der Waals surface area contributed by atoms with Crippen LogP contribution in [0.2, 0.25) is 0 Å². The van der Waals surface area contributed by atoms with Gasteiger partial charge in [0.2, 0.25) is 0 Å². The number of imidazole rings is 1. The van der Waals surface area contributed by atoms with Crippen LogP contribution >= 0.6 is 0 Å². The lowest BCUT2D eigenvalue weighted by Crippen LogP contribution is -2.11. The van der Waals surface area contributed by atoms with E-state index in [4.69, 9.17) is 4.74 Å². The second kappa shape index (κ2) is 4.93. The topological polar surface area (TPSA) is 27.1 Å². The van der Waals surface area contributed by atoms with E-state index in [1.54, 1.807) is 12.5 Å². The minimum absolute atomic E-state index is 0.369. The standard InChI is InChI=1S/C9H16N2O/c1-3-9(2)12-7-6-11-5-4-10-8-11/h4-5,8-9H,3,6-7H2,1-2H3. The third-order valence-corrected chi connectivity index (χ3v) is 1.89. The summed E-state index contributed by atoms with van der Waals surface area (Å²) in [6.07, 6.45) is 6.97. The first kappa shape index (κ1) is 9.26. The smallest absolute Gasteiger partial charge is 0.0946 e. The highest BCUT2D eigenvalue weighted by Gasteiger charge is 1.97. The van der Waals surface area contributed by atoms with Crippen molar-refractivity contribution in [2.45, 2.75) is 32.9 Å². The summed E-state index contributed by atoms with van der Waals surface area (Å²) in [5.74, 6) is 0. The lowest BCUT2D eigenvalue weighted by Gasteiger charge is -2.10. The molecule has 0 aromatic carbocycles. The van der Waals surface area contributed by atoms with Crippen molar-refractivity contribution in [1.82, 2.24) is 9.55 Å². The van der Waals surface area contributed by atoms with Gasteiger partial charge >= 0.3 is 0 Å². The molecule has 3 heteroatoms. The average molecular weight is 168 g/mol. The van der Waals surface area contributed by atoms with Crippen molar-refractivity contribution in [3.05, 3.63) is 18.7 Å². The van der Waals surface area contributed by atoms with Crippen molar-refractivity contribution < 1.29 is 4.74 Å². The molecule has 0 amide bonds. The van der Waals surface area contributed by atoms with Crippen molar-refractivity contribution in [3.8, 4) is 0 Å². The van der Waals surface area contributed by atoms with Crippen molar-refractivity contribution in [1.29, 1.82) is 0 Å². The van der Waals surface area contributed by atoms with Crippen molar-refractivity contribution in [3.63, 3.8) is 0 Å². The first-order valence-electron chi connectivity index (χ1n) is 4.40. The number of hydrogen-bond acceptors (Lipinski definition) is 2. The predicted molar refractivity (Wildman–Crippen MR) is 47.9 cm³/mol. The summed E-state index contributed by atoms with van der Waals surface area (Å²) in [6, 6.07) is 0. The van der Waals surface area contributed by atoms with Crippen LogP contribution < -0.4 is 0 Å². The van der Waals surface area contributed by atoms with Gasteiger partial charge in [-0.25, -0.2) is 4.98 Å². The maximum absolute atomic E-state index is 5.52. The van der Waals surface area contributed by atoms with Gasteiger partial charge in [0.25, 0.3) is 0 Å². The van der Waals surface area contributed by atoms with Gasteiger partial charge in [0.15, 0.2) is 0 Å². The molecule has 0 aliphatic carbocycles. The molecule has 68 valence electrons. The monoisotopic (exact) mass is 168 g/mol. The molecule has 1 atom stereocenters. The minimum atomic E-state index is 0.369. The third kappa shape index (κ3) is 3.05. The Bertz CT molecular complexity index is 196. The molecule has 0 bridgehead atoms. The summed E-state index contributed by atoms with van der Waals surface area (Å²) in [5.41, 5.74) is 0. The Hall–Kier alpha value is -0.830. The fourth-order valence-electron chi connectivity index (χ4n) is 0.896.